The lowest BCUT2D eigenvalue weighted by Crippen LogP contribution is -2.49. The van der Waals surface area contributed by atoms with E-state index in [2.05, 4.69) is 5.32 Å². The molecule has 0 aromatic heterocycles. The van der Waals surface area contributed by atoms with Gasteiger partial charge in [0.05, 0.1) is 0 Å². The van der Waals surface area contributed by atoms with E-state index in [1.165, 1.54) is 11.0 Å². The number of carbonyl (C=O) groups excluding carboxylic acids is 1. The molecule has 1 amide bonds. The average molecular weight is 318 g/mol. The summed E-state index contributed by atoms with van der Waals surface area (Å²) in [4.78, 5) is 14.3. The highest BCUT2D eigenvalue weighted by atomic mass is 19.4. The van der Waals surface area contributed by atoms with Crippen molar-refractivity contribution in [3.8, 4) is 0 Å². The first-order chi connectivity index (χ1) is 10.9. The molecule has 118 valence electrons. The number of hydrogen-bond donors (Lipinski definition) is 1. The number of nitrogens with one attached hydrogen (secondary N) is 1. The number of rotatable bonds is 0. The number of likely N-dealkylation sites (N-methyl/N-ethyl adjacent to an activating group) is 1. The lowest BCUT2D eigenvalue weighted by atomic mass is 9.84. The minimum atomic E-state index is -4.48. The number of para-hydroxylation sites is 1. The molecule has 0 saturated carbocycles. The summed E-state index contributed by atoms with van der Waals surface area (Å²) in [6, 6.07) is 11.4. The molecular formula is C17H13F3N2O. The molecule has 0 saturated heterocycles. The van der Waals surface area contributed by atoms with Crippen molar-refractivity contribution in [2.45, 2.75) is 17.8 Å². The zero-order valence-electron chi connectivity index (χ0n) is 12.2. The van der Waals surface area contributed by atoms with Crippen LogP contribution >= 0.6 is 0 Å². The number of fused-ring (bicyclic) bond motifs is 4. The summed E-state index contributed by atoms with van der Waals surface area (Å²) in [6.07, 6.45) is -4.48. The number of halogens is 3. The molecule has 2 atom stereocenters. The Bertz CT molecular complexity index is 817. The van der Waals surface area contributed by atoms with Gasteiger partial charge in [0.2, 0.25) is 0 Å². The highest BCUT2D eigenvalue weighted by molar-refractivity contribution is 6.10. The van der Waals surface area contributed by atoms with Gasteiger partial charge in [-0.15, -0.1) is 0 Å². The summed E-state index contributed by atoms with van der Waals surface area (Å²) < 4.78 is 40.5. The summed E-state index contributed by atoms with van der Waals surface area (Å²) in [6.45, 7) is 0. The van der Waals surface area contributed by atoms with E-state index in [4.69, 9.17) is 0 Å². The molecule has 6 heteroatoms. The first kappa shape index (κ1) is 14.3. The molecule has 2 aliphatic rings. The maximum absolute atomic E-state index is 13.5. The van der Waals surface area contributed by atoms with Gasteiger partial charge in [-0.25, -0.2) is 0 Å². The minimum Gasteiger partial charge on any atom is -0.313 e. The Kier molecular flexibility index (Phi) is 2.70. The van der Waals surface area contributed by atoms with E-state index >= 15 is 0 Å². The predicted octanol–water partition coefficient (Wildman–Crippen LogP) is 3.11. The molecule has 4 rings (SSSR count). The first-order valence-corrected chi connectivity index (χ1v) is 7.19. The van der Waals surface area contributed by atoms with Gasteiger partial charge in [-0.3, -0.25) is 10.1 Å². The zero-order valence-corrected chi connectivity index (χ0v) is 12.2. The number of amides is 1. The summed E-state index contributed by atoms with van der Waals surface area (Å²) in [5.74, 6) is -0.391. The number of carbonyl (C=O) groups is 1. The van der Waals surface area contributed by atoms with Crippen molar-refractivity contribution in [1.82, 2.24) is 5.32 Å². The predicted molar refractivity (Wildman–Crippen MR) is 79.0 cm³/mol. The Morgan fingerprint density at radius 2 is 1.65 bits per heavy atom. The SMILES string of the molecule is CN1C(=O)[C@@]2(N[C@@H](C(F)(F)F)c3ccccc32)c2ccccc21. The summed E-state index contributed by atoms with van der Waals surface area (Å²) in [5.41, 5.74) is 0.208. The van der Waals surface area contributed by atoms with Crippen molar-refractivity contribution in [1.29, 1.82) is 0 Å². The lowest BCUT2D eigenvalue weighted by Gasteiger charge is -2.26. The molecule has 0 bridgehead atoms. The van der Waals surface area contributed by atoms with E-state index in [1.807, 2.05) is 0 Å². The Morgan fingerprint density at radius 1 is 1.04 bits per heavy atom. The van der Waals surface area contributed by atoms with Crippen molar-refractivity contribution < 1.29 is 18.0 Å². The molecule has 0 aliphatic carbocycles. The van der Waals surface area contributed by atoms with E-state index in [9.17, 15) is 18.0 Å². The molecule has 0 unspecified atom stereocenters. The number of anilines is 1. The fourth-order valence-electron chi connectivity index (χ4n) is 3.68. The van der Waals surface area contributed by atoms with Crippen molar-refractivity contribution in [2.24, 2.45) is 0 Å². The van der Waals surface area contributed by atoms with E-state index in [-0.39, 0.29) is 5.56 Å². The van der Waals surface area contributed by atoms with E-state index in [0.29, 0.717) is 16.8 Å². The second-order valence-corrected chi connectivity index (χ2v) is 5.84. The lowest BCUT2D eigenvalue weighted by molar-refractivity contribution is -0.159. The van der Waals surface area contributed by atoms with Crippen LogP contribution in [-0.4, -0.2) is 19.1 Å². The second kappa shape index (κ2) is 4.35. The first-order valence-electron chi connectivity index (χ1n) is 7.19. The molecule has 0 fully saturated rings. The smallest absolute Gasteiger partial charge is 0.313 e. The molecule has 2 aromatic carbocycles. The van der Waals surface area contributed by atoms with Crippen LogP contribution in [0.4, 0.5) is 18.9 Å². The Morgan fingerprint density at radius 3 is 2.35 bits per heavy atom. The molecule has 1 N–H and O–H groups in total. The number of nitrogens with zero attached hydrogens (tertiary/aromatic N) is 1. The number of hydrogen-bond acceptors (Lipinski definition) is 2. The zero-order chi connectivity index (χ0) is 16.4. The summed E-state index contributed by atoms with van der Waals surface area (Å²) in [5, 5.41) is 2.59. The van der Waals surface area contributed by atoms with Gasteiger partial charge in [-0.2, -0.15) is 13.2 Å². The van der Waals surface area contributed by atoms with Crippen molar-refractivity contribution in [2.75, 3.05) is 11.9 Å². The van der Waals surface area contributed by atoms with Crippen LogP contribution in [0.5, 0.6) is 0 Å². The normalized spacial score (nSPS) is 25.8. The standard InChI is InChI=1S/C17H13F3N2O/c1-22-13-9-5-4-8-12(13)16(15(22)23)11-7-3-2-6-10(11)14(21-16)17(18,19)20/h2-9,14,21H,1H3/t14-,16+/m1/s1. The highest BCUT2D eigenvalue weighted by Gasteiger charge is 2.61. The second-order valence-electron chi connectivity index (χ2n) is 5.84. The maximum Gasteiger partial charge on any atom is 0.407 e. The third kappa shape index (κ3) is 1.67. The topological polar surface area (TPSA) is 32.3 Å². The number of alkyl halides is 3. The minimum absolute atomic E-state index is 0.110. The quantitative estimate of drug-likeness (QED) is 0.809. The Labute approximate surface area is 130 Å². The highest BCUT2D eigenvalue weighted by Crippen LogP contribution is 2.53. The van der Waals surface area contributed by atoms with Crippen LogP contribution in [0.3, 0.4) is 0 Å². The van der Waals surface area contributed by atoms with Crippen LogP contribution in [0, 0.1) is 0 Å². The Hall–Kier alpha value is -2.34. The molecule has 0 radical (unpaired) electrons. The van der Waals surface area contributed by atoms with Crippen LogP contribution in [0.15, 0.2) is 48.5 Å². The molecule has 2 aromatic rings. The van der Waals surface area contributed by atoms with Crippen molar-refractivity contribution in [3.63, 3.8) is 0 Å². The molecule has 3 nitrogen and oxygen atoms in total. The van der Waals surface area contributed by atoms with E-state index in [1.54, 1.807) is 49.5 Å². The van der Waals surface area contributed by atoms with Gasteiger partial charge >= 0.3 is 6.18 Å². The largest absolute Gasteiger partial charge is 0.407 e. The molecule has 2 heterocycles. The van der Waals surface area contributed by atoms with Crippen LogP contribution in [0.1, 0.15) is 22.7 Å². The number of benzene rings is 2. The molecule has 1 spiro atoms. The van der Waals surface area contributed by atoms with Gasteiger partial charge in [-0.1, -0.05) is 42.5 Å². The van der Waals surface area contributed by atoms with E-state index < -0.39 is 23.7 Å². The monoisotopic (exact) mass is 318 g/mol. The van der Waals surface area contributed by atoms with E-state index in [0.717, 1.165) is 0 Å². The van der Waals surface area contributed by atoms with Gasteiger partial charge < -0.3 is 4.90 Å². The van der Waals surface area contributed by atoms with Crippen molar-refractivity contribution >= 4 is 11.6 Å². The molecular weight excluding hydrogens is 305 g/mol. The average Bonchev–Trinajstić information content (AvgIpc) is 2.99. The maximum atomic E-state index is 13.5. The fraction of sp³-hybridized carbons (Fsp3) is 0.235. The van der Waals surface area contributed by atoms with Gasteiger partial charge in [0.15, 0.2) is 5.54 Å². The fourth-order valence-corrected chi connectivity index (χ4v) is 3.68. The molecule has 23 heavy (non-hydrogen) atoms. The van der Waals surface area contributed by atoms with Crippen LogP contribution < -0.4 is 10.2 Å². The third-order valence-corrected chi connectivity index (χ3v) is 4.66. The van der Waals surface area contributed by atoms with Crippen LogP contribution in [0.2, 0.25) is 0 Å². The Balaban J connectivity index is 2.02. The van der Waals surface area contributed by atoms with Crippen LogP contribution in [0.25, 0.3) is 0 Å². The van der Waals surface area contributed by atoms with Crippen LogP contribution in [-0.2, 0) is 10.3 Å². The van der Waals surface area contributed by atoms with Gasteiger partial charge in [0.25, 0.3) is 5.91 Å². The summed E-state index contributed by atoms with van der Waals surface area (Å²) >= 11 is 0. The third-order valence-electron chi connectivity index (χ3n) is 4.66. The van der Waals surface area contributed by atoms with Gasteiger partial charge in [0.1, 0.15) is 6.04 Å². The van der Waals surface area contributed by atoms with Gasteiger partial charge in [-0.05, 0) is 17.2 Å². The summed E-state index contributed by atoms with van der Waals surface area (Å²) in [7, 11) is 1.58. The van der Waals surface area contributed by atoms with Crippen molar-refractivity contribution in [3.05, 3.63) is 65.2 Å². The molecule has 2 aliphatic heterocycles. The van der Waals surface area contributed by atoms with Gasteiger partial charge in [0, 0.05) is 18.3 Å².